The molecule has 0 aliphatic heterocycles. The monoisotopic (exact) mass is 281 g/mol. The van der Waals surface area contributed by atoms with Crippen molar-refractivity contribution < 1.29 is 24.2 Å². The number of carboxylic acids is 1. The minimum absolute atomic E-state index is 0.170. The van der Waals surface area contributed by atoms with Crippen molar-refractivity contribution >= 4 is 17.6 Å². The highest BCUT2D eigenvalue weighted by molar-refractivity contribution is 5.95. The number of aliphatic carboxylic acids is 1. The van der Waals surface area contributed by atoms with Crippen LogP contribution in [-0.2, 0) is 9.59 Å². The van der Waals surface area contributed by atoms with E-state index in [1.54, 1.807) is 0 Å². The molecule has 1 aliphatic rings. The molecule has 1 aromatic rings. The molecule has 0 spiro atoms. The number of carboxylic acid groups (broad SMARTS) is 1. The van der Waals surface area contributed by atoms with E-state index >= 15 is 0 Å². The van der Waals surface area contributed by atoms with Gasteiger partial charge in [0.2, 0.25) is 5.91 Å². The Balaban J connectivity index is 2.11. The van der Waals surface area contributed by atoms with Crippen LogP contribution in [0.1, 0.15) is 19.8 Å². The summed E-state index contributed by atoms with van der Waals surface area (Å²) in [6.07, 6.45) is 0.973. The van der Waals surface area contributed by atoms with Crippen LogP contribution in [0.4, 0.5) is 10.1 Å². The van der Waals surface area contributed by atoms with E-state index in [2.05, 4.69) is 5.32 Å². The third-order valence-corrected chi connectivity index (χ3v) is 3.67. The van der Waals surface area contributed by atoms with Crippen molar-refractivity contribution in [2.75, 3.05) is 5.32 Å². The summed E-state index contributed by atoms with van der Waals surface area (Å²) in [5.74, 6) is -3.88. The normalized spacial score (nSPS) is 25.4. The van der Waals surface area contributed by atoms with Gasteiger partial charge in [0.15, 0.2) is 11.6 Å². The molecule has 0 heterocycles. The summed E-state index contributed by atoms with van der Waals surface area (Å²) in [7, 11) is 0. The van der Waals surface area contributed by atoms with Crippen LogP contribution in [0.25, 0.3) is 0 Å². The first-order chi connectivity index (χ1) is 9.38. The highest BCUT2D eigenvalue weighted by Gasteiger charge is 2.41. The lowest BCUT2D eigenvalue weighted by Crippen LogP contribution is -2.30. The molecule has 0 saturated heterocycles. The Morgan fingerprint density at radius 3 is 2.55 bits per heavy atom. The molecular formula is C14H16FNO4. The zero-order valence-corrected chi connectivity index (χ0v) is 11.0. The third-order valence-electron chi connectivity index (χ3n) is 3.67. The van der Waals surface area contributed by atoms with Crippen molar-refractivity contribution in [1.29, 1.82) is 0 Å². The molecule has 1 fully saturated rings. The summed E-state index contributed by atoms with van der Waals surface area (Å²) < 4.78 is 13.2. The summed E-state index contributed by atoms with van der Waals surface area (Å²) in [6, 6.07) is 3.50. The standard InChI is InChI=1S/C14H16FNO4/c1-7-4-9(10(5-7)14(19)20)13(18)16-8-2-3-12(17)11(15)6-8/h2-3,6-7,9-10,17H,4-5H2,1H3,(H,16,18)(H,19,20). The van der Waals surface area contributed by atoms with Gasteiger partial charge in [0, 0.05) is 11.8 Å². The van der Waals surface area contributed by atoms with Crippen molar-refractivity contribution in [2.45, 2.75) is 19.8 Å². The van der Waals surface area contributed by atoms with Gasteiger partial charge in [-0.1, -0.05) is 6.92 Å². The summed E-state index contributed by atoms with van der Waals surface area (Å²) in [4.78, 5) is 23.3. The number of carbonyl (C=O) groups excluding carboxylic acids is 1. The fraction of sp³-hybridized carbons (Fsp3) is 0.429. The maximum Gasteiger partial charge on any atom is 0.307 e. The van der Waals surface area contributed by atoms with Gasteiger partial charge in [-0.05, 0) is 30.9 Å². The van der Waals surface area contributed by atoms with Crippen LogP contribution in [-0.4, -0.2) is 22.1 Å². The largest absolute Gasteiger partial charge is 0.505 e. The lowest BCUT2D eigenvalue weighted by atomic mass is 9.95. The van der Waals surface area contributed by atoms with E-state index in [0.29, 0.717) is 12.8 Å². The molecule has 3 atom stereocenters. The fourth-order valence-electron chi connectivity index (χ4n) is 2.67. The van der Waals surface area contributed by atoms with Crippen molar-refractivity contribution in [1.82, 2.24) is 0 Å². The number of hydrogen-bond donors (Lipinski definition) is 3. The van der Waals surface area contributed by atoms with E-state index in [-0.39, 0.29) is 11.6 Å². The third kappa shape index (κ3) is 2.89. The molecule has 2 rings (SSSR count). The molecule has 3 unspecified atom stereocenters. The van der Waals surface area contributed by atoms with Gasteiger partial charge in [0.05, 0.1) is 11.8 Å². The first-order valence-corrected chi connectivity index (χ1v) is 6.40. The topological polar surface area (TPSA) is 86.6 Å². The second-order valence-electron chi connectivity index (χ2n) is 5.28. The second kappa shape index (κ2) is 5.48. The number of halogens is 1. The number of phenols is 1. The van der Waals surface area contributed by atoms with Gasteiger partial charge in [-0.25, -0.2) is 4.39 Å². The molecule has 1 aliphatic carbocycles. The molecule has 0 bridgehead atoms. The van der Waals surface area contributed by atoms with E-state index in [9.17, 15) is 14.0 Å². The highest BCUT2D eigenvalue weighted by Crippen LogP contribution is 2.37. The molecule has 1 saturated carbocycles. The fourth-order valence-corrected chi connectivity index (χ4v) is 2.67. The van der Waals surface area contributed by atoms with Gasteiger partial charge in [-0.15, -0.1) is 0 Å². The Labute approximate surface area is 115 Å². The summed E-state index contributed by atoms with van der Waals surface area (Å²) in [5, 5.41) is 20.7. The van der Waals surface area contributed by atoms with Gasteiger partial charge in [0.1, 0.15) is 0 Å². The Bertz CT molecular complexity index is 546. The van der Waals surface area contributed by atoms with Crippen molar-refractivity contribution in [3.63, 3.8) is 0 Å². The number of hydrogen-bond acceptors (Lipinski definition) is 3. The van der Waals surface area contributed by atoms with Gasteiger partial charge in [-0.2, -0.15) is 0 Å². The van der Waals surface area contributed by atoms with Gasteiger partial charge < -0.3 is 15.5 Å². The van der Waals surface area contributed by atoms with E-state index in [4.69, 9.17) is 10.2 Å². The first-order valence-electron chi connectivity index (χ1n) is 6.40. The van der Waals surface area contributed by atoms with Crippen molar-refractivity contribution in [3.05, 3.63) is 24.0 Å². The van der Waals surface area contributed by atoms with E-state index in [1.165, 1.54) is 6.07 Å². The van der Waals surface area contributed by atoms with Gasteiger partial charge >= 0.3 is 5.97 Å². The maximum atomic E-state index is 13.2. The Morgan fingerprint density at radius 1 is 1.30 bits per heavy atom. The molecule has 1 amide bonds. The number of carbonyl (C=O) groups is 2. The predicted molar refractivity (Wildman–Crippen MR) is 69.7 cm³/mol. The first kappa shape index (κ1) is 14.3. The summed E-state index contributed by atoms with van der Waals surface area (Å²) >= 11 is 0. The Hall–Kier alpha value is -2.11. The van der Waals surface area contributed by atoms with Crippen LogP contribution in [0.3, 0.4) is 0 Å². The number of phenolic OH excluding ortho intramolecular Hbond substituents is 1. The van der Waals surface area contributed by atoms with E-state index in [1.807, 2.05) is 6.92 Å². The average Bonchev–Trinajstić information content (AvgIpc) is 2.76. The van der Waals surface area contributed by atoms with Crippen LogP contribution in [0.15, 0.2) is 18.2 Å². The van der Waals surface area contributed by atoms with Crippen LogP contribution in [0, 0.1) is 23.6 Å². The second-order valence-corrected chi connectivity index (χ2v) is 5.28. The van der Waals surface area contributed by atoms with Crippen LogP contribution in [0.2, 0.25) is 0 Å². The minimum atomic E-state index is -0.980. The van der Waals surface area contributed by atoms with Crippen molar-refractivity contribution in [3.8, 4) is 5.75 Å². The van der Waals surface area contributed by atoms with Crippen LogP contribution in [0.5, 0.6) is 5.75 Å². The maximum absolute atomic E-state index is 13.2. The molecule has 20 heavy (non-hydrogen) atoms. The van der Waals surface area contributed by atoms with E-state index in [0.717, 1.165) is 12.1 Å². The smallest absolute Gasteiger partial charge is 0.307 e. The summed E-state index contributed by atoms with van der Waals surface area (Å²) in [6.45, 7) is 1.91. The molecule has 108 valence electrons. The minimum Gasteiger partial charge on any atom is -0.505 e. The lowest BCUT2D eigenvalue weighted by molar-refractivity contribution is -0.145. The SMILES string of the molecule is CC1CC(C(=O)O)C(C(=O)Nc2ccc(O)c(F)c2)C1. The molecule has 6 heteroatoms. The van der Waals surface area contributed by atoms with Crippen molar-refractivity contribution in [2.24, 2.45) is 17.8 Å². The average molecular weight is 281 g/mol. The molecule has 5 nitrogen and oxygen atoms in total. The Morgan fingerprint density at radius 2 is 1.95 bits per heavy atom. The zero-order chi connectivity index (χ0) is 14.9. The number of amides is 1. The molecular weight excluding hydrogens is 265 g/mol. The predicted octanol–water partition coefficient (Wildman–Crippen LogP) is 2.22. The number of benzene rings is 1. The van der Waals surface area contributed by atoms with Gasteiger partial charge in [-0.3, -0.25) is 9.59 Å². The number of nitrogens with one attached hydrogen (secondary N) is 1. The quantitative estimate of drug-likeness (QED) is 0.741. The molecule has 0 aromatic heterocycles. The zero-order valence-electron chi connectivity index (χ0n) is 11.0. The van der Waals surface area contributed by atoms with Gasteiger partial charge in [0.25, 0.3) is 0 Å². The number of aromatic hydroxyl groups is 1. The highest BCUT2D eigenvalue weighted by atomic mass is 19.1. The molecule has 3 N–H and O–H groups in total. The lowest BCUT2D eigenvalue weighted by Gasteiger charge is -2.15. The molecule has 0 radical (unpaired) electrons. The Kier molecular flexibility index (Phi) is 3.92. The van der Waals surface area contributed by atoms with Crippen LogP contribution >= 0.6 is 0 Å². The number of anilines is 1. The molecule has 1 aromatic carbocycles. The summed E-state index contributed by atoms with van der Waals surface area (Å²) in [5.41, 5.74) is 0.203. The number of rotatable bonds is 3. The van der Waals surface area contributed by atoms with E-state index < -0.39 is 35.3 Å². The van der Waals surface area contributed by atoms with Crippen LogP contribution < -0.4 is 5.32 Å².